The molecule has 0 saturated heterocycles. The lowest BCUT2D eigenvalue weighted by Gasteiger charge is -2.15. The molecule has 138 valence electrons. The number of rotatable bonds is 3. The molecule has 0 saturated carbocycles. The summed E-state index contributed by atoms with van der Waals surface area (Å²) in [4.78, 5) is 17.6. The van der Waals surface area contributed by atoms with Crippen molar-refractivity contribution in [1.29, 1.82) is 0 Å². The van der Waals surface area contributed by atoms with Gasteiger partial charge in [0.15, 0.2) is 11.3 Å². The van der Waals surface area contributed by atoms with Gasteiger partial charge in [-0.2, -0.15) is 5.10 Å². The molecule has 28 heavy (non-hydrogen) atoms. The Labute approximate surface area is 159 Å². The van der Waals surface area contributed by atoms with Gasteiger partial charge in [-0.05, 0) is 36.8 Å². The van der Waals surface area contributed by atoms with Crippen molar-refractivity contribution in [2.45, 2.75) is 13.0 Å². The zero-order valence-electron chi connectivity index (χ0n) is 15.3. The predicted molar refractivity (Wildman–Crippen MR) is 103 cm³/mol. The van der Waals surface area contributed by atoms with Gasteiger partial charge in [0.05, 0.1) is 24.3 Å². The Balaban J connectivity index is 1.63. The van der Waals surface area contributed by atoms with Gasteiger partial charge < -0.3 is 4.57 Å². The molecule has 0 aliphatic carbocycles. The highest BCUT2D eigenvalue weighted by atomic mass is 19.1. The van der Waals surface area contributed by atoms with Gasteiger partial charge in [-0.15, -0.1) is 0 Å². The van der Waals surface area contributed by atoms with E-state index < -0.39 is 0 Å². The minimum Gasteiger partial charge on any atom is -0.307 e. The Kier molecular flexibility index (Phi) is 3.65. The molecule has 8 heteroatoms. The van der Waals surface area contributed by atoms with Crippen LogP contribution in [0, 0.1) is 5.82 Å². The van der Waals surface area contributed by atoms with Crippen molar-refractivity contribution in [1.82, 2.24) is 34.3 Å². The molecule has 5 rings (SSSR count). The van der Waals surface area contributed by atoms with Gasteiger partial charge in [-0.1, -0.05) is 6.07 Å². The van der Waals surface area contributed by atoms with Gasteiger partial charge in [0, 0.05) is 24.8 Å². The van der Waals surface area contributed by atoms with Crippen LogP contribution in [0.4, 0.5) is 4.39 Å². The number of hydrogen-bond donors (Lipinski definition) is 0. The molecule has 0 N–H and O–H groups in total. The third kappa shape index (κ3) is 2.53. The maximum atomic E-state index is 14.5. The molecular formula is C20H16FN7. The Morgan fingerprint density at radius 1 is 1.07 bits per heavy atom. The Hall–Kier alpha value is -3.68. The summed E-state index contributed by atoms with van der Waals surface area (Å²) in [7, 11) is 1.85. The van der Waals surface area contributed by atoms with Crippen molar-refractivity contribution in [3.63, 3.8) is 0 Å². The van der Waals surface area contributed by atoms with E-state index in [1.54, 1.807) is 35.7 Å². The minimum absolute atomic E-state index is 0.180. The summed E-state index contributed by atoms with van der Waals surface area (Å²) in [5.41, 5.74) is 3.92. The second kappa shape index (κ2) is 6.19. The molecule has 4 heterocycles. The van der Waals surface area contributed by atoms with E-state index in [2.05, 4.69) is 20.1 Å². The number of nitrogens with zero attached hydrogens (tertiary/aromatic N) is 7. The van der Waals surface area contributed by atoms with Crippen LogP contribution in [0.1, 0.15) is 18.5 Å². The highest BCUT2D eigenvalue weighted by Gasteiger charge is 2.17. The fourth-order valence-electron chi connectivity index (χ4n) is 3.41. The molecule has 0 bridgehead atoms. The fraction of sp³-hybridized carbons (Fsp3) is 0.150. The molecular weight excluding hydrogens is 357 g/mol. The van der Waals surface area contributed by atoms with Gasteiger partial charge in [-0.25, -0.2) is 19.3 Å². The summed E-state index contributed by atoms with van der Waals surface area (Å²) in [5, 5.41) is 4.94. The van der Waals surface area contributed by atoms with E-state index in [0.717, 1.165) is 16.6 Å². The zero-order valence-corrected chi connectivity index (χ0v) is 15.3. The van der Waals surface area contributed by atoms with Crippen LogP contribution >= 0.6 is 0 Å². The van der Waals surface area contributed by atoms with Gasteiger partial charge >= 0.3 is 0 Å². The molecule has 7 nitrogen and oxygen atoms in total. The lowest BCUT2D eigenvalue weighted by atomic mass is 10.0. The number of benzene rings is 1. The second-order valence-electron chi connectivity index (χ2n) is 6.65. The summed E-state index contributed by atoms with van der Waals surface area (Å²) in [6.07, 6.45) is 6.68. The van der Waals surface area contributed by atoms with Crippen LogP contribution < -0.4 is 0 Å². The van der Waals surface area contributed by atoms with Crippen LogP contribution in [0.3, 0.4) is 0 Å². The molecule has 0 radical (unpaired) electrons. The fourth-order valence-corrected chi connectivity index (χ4v) is 3.41. The van der Waals surface area contributed by atoms with Gasteiger partial charge in [0.25, 0.3) is 0 Å². The highest BCUT2D eigenvalue weighted by molar-refractivity contribution is 5.80. The number of fused-ring (bicyclic) bond motifs is 2. The van der Waals surface area contributed by atoms with Crippen LogP contribution in [-0.2, 0) is 7.05 Å². The van der Waals surface area contributed by atoms with Crippen LogP contribution in [-0.4, -0.2) is 34.3 Å². The molecule has 0 amide bonds. The van der Waals surface area contributed by atoms with Crippen molar-refractivity contribution >= 4 is 22.2 Å². The molecule has 0 spiro atoms. The SMILES string of the molecule is CC(c1cc(F)c2ncccc2c1)n1cnc2ncc(-c3ccnn3C)nc21. The van der Waals surface area contributed by atoms with Crippen LogP contribution in [0.2, 0.25) is 0 Å². The summed E-state index contributed by atoms with van der Waals surface area (Å²) < 4.78 is 18.2. The van der Waals surface area contributed by atoms with E-state index in [1.165, 1.54) is 6.07 Å². The third-order valence-electron chi connectivity index (χ3n) is 4.95. The van der Waals surface area contributed by atoms with Crippen LogP contribution in [0.15, 0.2) is 55.2 Å². The van der Waals surface area contributed by atoms with E-state index in [-0.39, 0.29) is 11.9 Å². The highest BCUT2D eigenvalue weighted by Crippen LogP contribution is 2.27. The molecule has 1 aromatic carbocycles. The monoisotopic (exact) mass is 373 g/mol. The lowest BCUT2D eigenvalue weighted by molar-refractivity contribution is 0.616. The third-order valence-corrected chi connectivity index (χ3v) is 4.95. The summed E-state index contributed by atoms with van der Waals surface area (Å²) in [6.45, 7) is 1.98. The van der Waals surface area contributed by atoms with Gasteiger partial charge in [0.1, 0.15) is 17.0 Å². The first-order chi connectivity index (χ1) is 13.6. The van der Waals surface area contributed by atoms with E-state index in [0.29, 0.717) is 22.5 Å². The first-order valence-electron chi connectivity index (χ1n) is 8.84. The molecule has 5 aromatic rings. The Morgan fingerprint density at radius 3 is 2.79 bits per heavy atom. The minimum atomic E-state index is -0.342. The first kappa shape index (κ1) is 16.5. The molecule has 1 atom stereocenters. The molecule has 4 aromatic heterocycles. The standard InChI is InChI=1S/C20H16FN7/c1-12(14-8-13-4-3-6-22-18(13)15(21)9-14)28-11-24-19-20(28)26-16(10-23-19)17-5-7-25-27(17)2/h3-12H,1-2H3. The van der Waals surface area contributed by atoms with Crippen LogP contribution in [0.25, 0.3) is 33.6 Å². The van der Waals surface area contributed by atoms with Crippen molar-refractivity contribution in [3.8, 4) is 11.4 Å². The quantitative estimate of drug-likeness (QED) is 0.484. The van der Waals surface area contributed by atoms with E-state index in [9.17, 15) is 4.39 Å². The first-order valence-corrected chi connectivity index (χ1v) is 8.84. The summed E-state index contributed by atoms with van der Waals surface area (Å²) >= 11 is 0. The Morgan fingerprint density at radius 2 is 1.96 bits per heavy atom. The van der Waals surface area contributed by atoms with Crippen molar-refractivity contribution < 1.29 is 4.39 Å². The van der Waals surface area contributed by atoms with Crippen LogP contribution in [0.5, 0.6) is 0 Å². The molecule has 0 aliphatic heterocycles. The summed E-state index contributed by atoms with van der Waals surface area (Å²) in [6, 6.07) is 8.82. The average molecular weight is 373 g/mol. The summed E-state index contributed by atoms with van der Waals surface area (Å²) in [5.74, 6) is -0.342. The normalized spacial score (nSPS) is 12.7. The Bertz CT molecular complexity index is 1320. The average Bonchev–Trinajstić information content (AvgIpc) is 3.33. The molecule has 0 fully saturated rings. The maximum absolute atomic E-state index is 14.5. The zero-order chi connectivity index (χ0) is 19.3. The van der Waals surface area contributed by atoms with E-state index >= 15 is 0 Å². The number of pyridine rings is 1. The number of hydrogen-bond acceptors (Lipinski definition) is 5. The predicted octanol–water partition coefficient (Wildman–Crippen LogP) is 3.52. The second-order valence-corrected chi connectivity index (χ2v) is 6.65. The topological polar surface area (TPSA) is 74.3 Å². The number of imidazole rings is 1. The molecule has 0 aliphatic rings. The number of aromatic nitrogens is 7. The number of aryl methyl sites for hydroxylation is 1. The smallest absolute Gasteiger partial charge is 0.197 e. The van der Waals surface area contributed by atoms with E-state index in [4.69, 9.17) is 4.98 Å². The number of halogens is 1. The largest absolute Gasteiger partial charge is 0.307 e. The van der Waals surface area contributed by atoms with Gasteiger partial charge in [0.2, 0.25) is 0 Å². The van der Waals surface area contributed by atoms with E-state index in [1.807, 2.05) is 36.7 Å². The maximum Gasteiger partial charge on any atom is 0.197 e. The molecule has 1 unspecified atom stereocenters. The van der Waals surface area contributed by atoms with Gasteiger partial charge in [-0.3, -0.25) is 9.67 Å². The van der Waals surface area contributed by atoms with Crippen molar-refractivity contribution in [2.24, 2.45) is 7.05 Å². The van der Waals surface area contributed by atoms with Crippen molar-refractivity contribution in [3.05, 3.63) is 66.6 Å². The lowest BCUT2D eigenvalue weighted by Crippen LogP contribution is -2.08. The van der Waals surface area contributed by atoms with Crippen molar-refractivity contribution in [2.75, 3.05) is 0 Å².